The minimum Gasteiger partial charge on any atom is -0.480 e. The average Bonchev–Trinajstić information content (AvgIpc) is 2.43. The van der Waals surface area contributed by atoms with E-state index in [0.717, 1.165) is 0 Å². The van der Waals surface area contributed by atoms with E-state index in [9.17, 15) is 9.59 Å². The van der Waals surface area contributed by atoms with Gasteiger partial charge in [0.15, 0.2) is 0 Å². The number of anilines is 1. The Hall–Kier alpha value is -1.31. The third-order valence-electron chi connectivity index (χ3n) is 2.64. The lowest BCUT2D eigenvalue weighted by atomic mass is 10.1. The molecule has 1 aromatic carbocycles. The molecule has 0 saturated heterocycles. The molecule has 0 aromatic heterocycles. The SMILES string of the molecule is COCCCC(NC(=O)Nc1cccc(Cl)c1Br)C(=O)O. The summed E-state index contributed by atoms with van der Waals surface area (Å²) in [7, 11) is 1.53. The van der Waals surface area contributed by atoms with Crippen LogP contribution in [0.25, 0.3) is 0 Å². The molecule has 1 rings (SSSR count). The number of carboxylic acid groups (broad SMARTS) is 1. The summed E-state index contributed by atoms with van der Waals surface area (Å²) in [5.41, 5.74) is 0.459. The number of aliphatic carboxylic acids is 1. The Kier molecular flexibility index (Phi) is 7.49. The number of benzene rings is 1. The Morgan fingerprint density at radius 2 is 2.19 bits per heavy atom. The Morgan fingerprint density at radius 3 is 2.81 bits per heavy atom. The Bertz CT molecular complexity index is 513. The van der Waals surface area contributed by atoms with Crippen LogP contribution < -0.4 is 10.6 Å². The molecule has 0 aliphatic carbocycles. The van der Waals surface area contributed by atoms with Gasteiger partial charge in [0.1, 0.15) is 6.04 Å². The van der Waals surface area contributed by atoms with Crippen LogP contribution in [0, 0.1) is 0 Å². The normalized spacial score (nSPS) is 11.8. The van der Waals surface area contributed by atoms with Crippen LogP contribution in [0.3, 0.4) is 0 Å². The van der Waals surface area contributed by atoms with E-state index in [-0.39, 0.29) is 6.42 Å². The van der Waals surface area contributed by atoms with Crippen LogP contribution in [0.2, 0.25) is 5.02 Å². The minimum atomic E-state index is -1.09. The fraction of sp³-hybridized carbons (Fsp3) is 0.385. The standard InChI is InChI=1S/C13H16BrClN2O4/c1-21-7-3-6-10(12(18)19)17-13(20)16-9-5-2-4-8(15)11(9)14/h2,4-5,10H,3,6-7H2,1H3,(H,18,19)(H2,16,17,20). The van der Waals surface area contributed by atoms with Crippen molar-refractivity contribution in [1.82, 2.24) is 5.32 Å². The van der Waals surface area contributed by atoms with Crippen LogP contribution in [0.15, 0.2) is 22.7 Å². The molecule has 6 nitrogen and oxygen atoms in total. The van der Waals surface area contributed by atoms with Crippen LogP contribution in [0.1, 0.15) is 12.8 Å². The molecule has 116 valence electrons. The van der Waals surface area contributed by atoms with Gasteiger partial charge in [-0.05, 0) is 40.9 Å². The molecular weight excluding hydrogens is 364 g/mol. The predicted molar refractivity (Wildman–Crippen MR) is 83.8 cm³/mol. The number of carboxylic acids is 1. The van der Waals surface area contributed by atoms with Crippen molar-refractivity contribution >= 4 is 45.2 Å². The number of methoxy groups -OCH3 is 1. The highest BCUT2D eigenvalue weighted by molar-refractivity contribution is 9.10. The summed E-state index contributed by atoms with van der Waals surface area (Å²) >= 11 is 9.16. The zero-order chi connectivity index (χ0) is 15.8. The van der Waals surface area contributed by atoms with E-state index < -0.39 is 18.0 Å². The smallest absolute Gasteiger partial charge is 0.326 e. The van der Waals surface area contributed by atoms with E-state index in [4.69, 9.17) is 21.4 Å². The van der Waals surface area contributed by atoms with Crippen LogP contribution in [0.4, 0.5) is 10.5 Å². The summed E-state index contributed by atoms with van der Waals surface area (Å²) in [6, 6.07) is 3.41. The molecule has 0 aliphatic heterocycles. The number of urea groups is 1. The first kappa shape index (κ1) is 17.7. The molecule has 0 saturated carbocycles. The van der Waals surface area contributed by atoms with Gasteiger partial charge in [-0.15, -0.1) is 0 Å². The highest BCUT2D eigenvalue weighted by atomic mass is 79.9. The van der Waals surface area contributed by atoms with E-state index >= 15 is 0 Å². The van der Waals surface area contributed by atoms with E-state index in [2.05, 4.69) is 26.6 Å². The van der Waals surface area contributed by atoms with Gasteiger partial charge < -0.3 is 20.5 Å². The number of ether oxygens (including phenoxy) is 1. The summed E-state index contributed by atoms with van der Waals surface area (Å²) in [5, 5.41) is 14.5. The Balaban J connectivity index is 2.61. The topological polar surface area (TPSA) is 87.7 Å². The molecule has 3 N–H and O–H groups in total. The van der Waals surface area contributed by atoms with Gasteiger partial charge in [0.05, 0.1) is 15.2 Å². The van der Waals surface area contributed by atoms with E-state index in [0.29, 0.717) is 28.2 Å². The lowest BCUT2D eigenvalue weighted by Crippen LogP contribution is -2.43. The first-order valence-electron chi connectivity index (χ1n) is 6.19. The quantitative estimate of drug-likeness (QED) is 0.635. The molecule has 1 unspecified atom stereocenters. The zero-order valence-electron chi connectivity index (χ0n) is 11.4. The first-order chi connectivity index (χ1) is 9.95. The number of carbonyl (C=O) groups excluding carboxylic acids is 1. The molecule has 2 amide bonds. The predicted octanol–water partition coefficient (Wildman–Crippen LogP) is 3.10. The highest BCUT2D eigenvalue weighted by Crippen LogP contribution is 2.29. The average molecular weight is 380 g/mol. The second-order valence-corrected chi connectivity index (χ2v) is 5.43. The molecule has 1 atom stereocenters. The van der Waals surface area contributed by atoms with Crippen LogP contribution in [-0.2, 0) is 9.53 Å². The van der Waals surface area contributed by atoms with Gasteiger partial charge in [0, 0.05) is 13.7 Å². The fourth-order valence-electron chi connectivity index (χ4n) is 1.61. The van der Waals surface area contributed by atoms with Crippen molar-refractivity contribution in [1.29, 1.82) is 0 Å². The van der Waals surface area contributed by atoms with E-state index in [1.54, 1.807) is 18.2 Å². The van der Waals surface area contributed by atoms with Gasteiger partial charge in [0.25, 0.3) is 0 Å². The number of hydrogen-bond donors (Lipinski definition) is 3. The summed E-state index contributed by atoms with van der Waals surface area (Å²) in [4.78, 5) is 22.9. The molecule has 0 aliphatic rings. The third-order valence-corrected chi connectivity index (χ3v) is 4.04. The van der Waals surface area contributed by atoms with Gasteiger partial charge in [-0.25, -0.2) is 9.59 Å². The van der Waals surface area contributed by atoms with Crippen LogP contribution in [-0.4, -0.2) is 36.9 Å². The monoisotopic (exact) mass is 378 g/mol. The molecule has 8 heteroatoms. The fourth-order valence-corrected chi connectivity index (χ4v) is 2.14. The molecule has 21 heavy (non-hydrogen) atoms. The highest BCUT2D eigenvalue weighted by Gasteiger charge is 2.20. The van der Waals surface area contributed by atoms with Gasteiger partial charge in [-0.3, -0.25) is 0 Å². The number of hydrogen-bond acceptors (Lipinski definition) is 3. The van der Waals surface area contributed by atoms with Crippen molar-refractivity contribution in [3.63, 3.8) is 0 Å². The number of carbonyl (C=O) groups is 2. The number of amides is 2. The maximum atomic E-state index is 11.8. The van der Waals surface area contributed by atoms with Crippen molar-refractivity contribution < 1.29 is 19.4 Å². The molecule has 1 aromatic rings. The number of rotatable bonds is 7. The lowest BCUT2D eigenvalue weighted by Gasteiger charge is -2.15. The summed E-state index contributed by atoms with van der Waals surface area (Å²) in [5.74, 6) is -1.09. The number of halogens is 2. The van der Waals surface area contributed by atoms with E-state index in [1.165, 1.54) is 7.11 Å². The third kappa shape index (κ3) is 5.91. The van der Waals surface area contributed by atoms with Gasteiger partial charge in [-0.2, -0.15) is 0 Å². The van der Waals surface area contributed by atoms with Crippen molar-refractivity contribution in [3.8, 4) is 0 Å². The molecule has 0 heterocycles. The van der Waals surface area contributed by atoms with Crippen LogP contribution in [0.5, 0.6) is 0 Å². The molecule has 0 bridgehead atoms. The summed E-state index contributed by atoms with van der Waals surface area (Å²) in [6.45, 7) is 0.437. The largest absolute Gasteiger partial charge is 0.480 e. The van der Waals surface area contributed by atoms with Crippen LogP contribution >= 0.6 is 27.5 Å². The number of nitrogens with one attached hydrogen (secondary N) is 2. The van der Waals surface area contributed by atoms with Gasteiger partial charge in [0.2, 0.25) is 0 Å². The summed E-state index contributed by atoms with van der Waals surface area (Å²) in [6.07, 6.45) is 0.821. The van der Waals surface area contributed by atoms with Gasteiger partial charge >= 0.3 is 12.0 Å². The second kappa shape index (κ2) is 8.86. The molecule has 0 radical (unpaired) electrons. The maximum Gasteiger partial charge on any atom is 0.326 e. The van der Waals surface area contributed by atoms with Crippen molar-refractivity contribution in [2.24, 2.45) is 0 Å². The van der Waals surface area contributed by atoms with Crippen molar-refractivity contribution in [3.05, 3.63) is 27.7 Å². The summed E-state index contributed by atoms with van der Waals surface area (Å²) < 4.78 is 5.39. The van der Waals surface area contributed by atoms with E-state index in [1.807, 2.05) is 0 Å². The Labute approximate surface area is 135 Å². The molecule has 0 spiro atoms. The van der Waals surface area contributed by atoms with Crippen molar-refractivity contribution in [2.45, 2.75) is 18.9 Å². The second-order valence-electron chi connectivity index (χ2n) is 4.23. The molecule has 0 fully saturated rings. The van der Waals surface area contributed by atoms with Gasteiger partial charge in [-0.1, -0.05) is 17.7 Å². The van der Waals surface area contributed by atoms with Crippen molar-refractivity contribution in [2.75, 3.05) is 19.0 Å². The molecular formula is C13H16BrClN2O4. The first-order valence-corrected chi connectivity index (χ1v) is 7.36. The maximum absolute atomic E-state index is 11.8. The Morgan fingerprint density at radius 1 is 1.48 bits per heavy atom. The zero-order valence-corrected chi connectivity index (χ0v) is 13.7. The minimum absolute atomic E-state index is 0.285. The lowest BCUT2D eigenvalue weighted by molar-refractivity contribution is -0.139.